The van der Waals surface area contributed by atoms with Gasteiger partial charge in [-0.25, -0.2) is 0 Å². The molecule has 0 atom stereocenters. The van der Waals surface area contributed by atoms with Crippen LogP contribution in [0.25, 0.3) is 0 Å². The van der Waals surface area contributed by atoms with Gasteiger partial charge in [0.05, 0.1) is 11.1 Å². The third-order valence-corrected chi connectivity index (χ3v) is 9.29. The maximum atomic E-state index is 11.8. The Labute approximate surface area is 362 Å². The minimum Gasteiger partial charge on any atom is -0.454 e. The Morgan fingerprint density at radius 1 is 0.517 bits per heavy atom. The van der Waals surface area contributed by atoms with Crippen molar-refractivity contribution < 1.29 is 28.7 Å². The SMILES string of the molecule is CC(C)C(=O)NC(C)(C)C.CC(C)C(=O)NC(C)(C)c1ccc2c(c1)OCO2.CC(C)C(=O)NC(C)(C)c1ccccc1.Cc1ccc(CC(C)(C)NC(=O)C(C)C)cc1. The zero-order valence-corrected chi connectivity index (χ0v) is 40.1. The Kier molecular flexibility index (Phi) is 20.6. The van der Waals surface area contributed by atoms with Crippen molar-refractivity contribution >= 4 is 23.6 Å². The molecule has 3 aromatic carbocycles. The average Bonchev–Trinajstić information content (AvgIpc) is 3.61. The van der Waals surface area contributed by atoms with Gasteiger partial charge in [-0.15, -0.1) is 0 Å². The molecular weight excluding hydrogens is 753 g/mol. The molecule has 4 amide bonds. The number of benzene rings is 3. The van der Waals surface area contributed by atoms with E-state index in [0.29, 0.717) is 0 Å². The summed E-state index contributed by atoms with van der Waals surface area (Å²) in [6.45, 7) is 35.6. The van der Waals surface area contributed by atoms with Crippen LogP contribution in [0.1, 0.15) is 140 Å². The number of rotatable bonds is 11. The number of fused-ring (bicyclic) bond motifs is 1. The molecule has 0 unspecified atom stereocenters. The van der Waals surface area contributed by atoms with Crippen molar-refractivity contribution in [2.45, 2.75) is 153 Å². The van der Waals surface area contributed by atoms with Gasteiger partial charge in [-0.1, -0.05) is 122 Å². The van der Waals surface area contributed by atoms with E-state index in [2.05, 4.69) is 66.3 Å². The predicted molar refractivity (Wildman–Crippen MR) is 246 cm³/mol. The lowest BCUT2D eigenvalue weighted by molar-refractivity contribution is -0.126. The summed E-state index contributed by atoms with van der Waals surface area (Å²) in [5.41, 5.74) is 3.62. The molecule has 1 aliphatic heterocycles. The van der Waals surface area contributed by atoms with Crippen molar-refractivity contribution in [3.05, 3.63) is 95.1 Å². The van der Waals surface area contributed by atoms with E-state index in [0.717, 1.165) is 29.0 Å². The summed E-state index contributed by atoms with van der Waals surface area (Å²) in [7, 11) is 0. The molecule has 4 rings (SSSR count). The molecule has 60 heavy (non-hydrogen) atoms. The monoisotopic (exact) mass is 831 g/mol. The summed E-state index contributed by atoms with van der Waals surface area (Å²) < 4.78 is 10.6. The topological polar surface area (TPSA) is 135 Å². The van der Waals surface area contributed by atoms with Crippen molar-refractivity contribution in [2.75, 3.05) is 6.79 Å². The lowest BCUT2D eigenvalue weighted by Crippen LogP contribution is -2.46. The van der Waals surface area contributed by atoms with E-state index in [-0.39, 0.29) is 70.7 Å². The zero-order valence-electron chi connectivity index (χ0n) is 40.1. The van der Waals surface area contributed by atoms with Gasteiger partial charge in [0.1, 0.15) is 0 Å². The quantitative estimate of drug-likeness (QED) is 0.152. The smallest absolute Gasteiger partial charge is 0.231 e. The Morgan fingerprint density at radius 3 is 1.37 bits per heavy atom. The Bertz CT molecular complexity index is 1800. The Morgan fingerprint density at radius 2 is 0.933 bits per heavy atom. The second-order valence-corrected chi connectivity index (χ2v) is 19.6. The maximum absolute atomic E-state index is 11.8. The van der Waals surface area contributed by atoms with Crippen molar-refractivity contribution in [3.8, 4) is 11.5 Å². The molecule has 1 aliphatic rings. The highest BCUT2D eigenvalue weighted by Crippen LogP contribution is 2.35. The highest BCUT2D eigenvalue weighted by Gasteiger charge is 2.27. The molecule has 0 bridgehead atoms. The van der Waals surface area contributed by atoms with E-state index in [4.69, 9.17) is 9.47 Å². The average molecular weight is 831 g/mol. The first-order chi connectivity index (χ1) is 27.5. The van der Waals surface area contributed by atoms with Crippen LogP contribution in [0.3, 0.4) is 0 Å². The van der Waals surface area contributed by atoms with Gasteiger partial charge in [0, 0.05) is 34.7 Å². The molecule has 0 saturated carbocycles. The molecule has 0 saturated heterocycles. The summed E-state index contributed by atoms with van der Waals surface area (Å²) in [4.78, 5) is 46.2. The minimum absolute atomic E-state index is 0.0213. The first-order valence-corrected chi connectivity index (χ1v) is 21.3. The van der Waals surface area contributed by atoms with Gasteiger partial charge in [-0.2, -0.15) is 0 Å². The predicted octanol–water partition coefficient (Wildman–Crippen LogP) is 9.76. The molecule has 1 heterocycles. The molecule has 0 aromatic heterocycles. The van der Waals surface area contributed by atoms with Crippen LogP contribution in [0.4, 0.5) is 0 Å². The summed E-state index contributed by atoms with van der Waals surface area (Å²) in [5.74, 6) is 1.96. The fourth-order valence-corrected chi connectivity index (χ4v) is 5.44. The Balaban J connectivity index is 0.000000408. The molecule has 0 spiro atoms. The molecular formula is C50H78N4O6. The molecule has 3 aromatic rings. The van der Waals surface area contributed by atoms with Crippen LogP contribution in [-0.4, -0.2) is 41.5 Å². The fraction of sp³-hybridized carbons (Fsp3) is 0.560. The van der Waals surface area contributed by atoms with Crippen molar-refractivity contribution in [1.82, 2.24) is 21.3 Å². The zero-order chi connectivity index (χ0) is 46.2. The number of amides is 4. The highest BCUT2D eigenvalue weighted by molar-refractivity contribution is 5.80. The second-order valence-electron chi connectivity index (χ2n) is 19.6. The summed E-state index contributed by atoms with van der Waals surface area (Å²) in [6.07, 6.45) is 0.853. The highest BCUT2D eigenvalue weighted by atomic mass is 16.7. The lowest BCUT2D eigenvalue weighted by atomic mass is 9.93. The number of nitrogens with one attached hydrogen (secondary N) is 4. The molecule has 10 heteroatoms. The van der Waals surface area contributed by atoms with E-state index in [1.807, 2.05) is 152 Å². The van der Waals surface area contributed by atoms with Crippen LogP contribution in [0.2, 0.25) is 0 Å². The minimum atomic E-state index is -0.428. The third-order valence-electron chi connectivity index (χ3n) is 9.29. The molecule has 4 N–H and O–H groups in total. The number of hydrogen-bond acceptors (Lipinski definition) is 6. The van der Waals surface area contributed by atoms with Gasteiger partial charge in [0.25, 0.3) is 0 Å². The van der Waals surface area contributed by atoms with Crippen LogP contribution in [0.5, 0.6) is 11.5 Å². The molecule has 0 radical (unpaired) electrons. The molecule has 0 aliphatic carbocycles. The van der Waals surface area contributed by atoms with E-state index < -0.39 is 5.54 Å². The number of aryl methyl sites for hydroxylation is 1. The summed E-state index contributed by atoms with van der Waals surface area (Å²) in [6, 6.07) is 24.2. The van der Waals surface area contributed by atoms with E-state index in [1.54, 1.807) is 0 Å². The van der Waals surface area contributed by atoms with Gasteiger partial charge in [0.15, 0.2) is 11.5 Å². The van der Waals surface area contributed by atoms with Crippen LogP contribution in [0.15, 0.2) is 72.8 Å². The number of ether oxygens (including phenoxy) is 2. The lowest BCUT2D eigenvalue weighted by Gasteiger charge is -2.28. The van der Waals surface area contributed by atoms with Gasteiger partial charge in [-0.05, 0) is 104 Å². The van der Waals surface area contributed by atoms with Gasteiger partial charge in [-0.3, -0.25) is 19.2 Å². The normalized spacial score (nSPS) is 12.3. The van der Waals surface area contributed by atoms with E-state index >= 15 is 0 Å². The largest absolute Gasteiger partial charge is 0.454 e. The Hall–Kier alpha value is -4.86. The van der Waals surface area contributed by atoms with E-state index in [9.17, 15) is 19.2 Å². The fourth-order valence-electron chi connectivity index (χ4n) is 5.44. The van der Waals surface area contributed by atoms with Crippen LogP contribution in [0, 0.1) is 30.6 Å². The van der Waals surface area contributed by atoms with Crippen LogP contribution < -0.4 is 30.7 Å². The van der Waals surface area contributed by atoms with Gasteiger partial charge < -0.3 is 30.7 Å². The number of carbonyl (C=O) groups is 4. The number of hydrogen-bond donors (Lipinski definition) is 4. The first kappa shape index (κ1) is 53.2. The molecule has 334 valence electrons. The summed E-state index contributed by atoms with van der Waals surface area (Å²) in [5, 5.41) is 12.0. The second kappa shape index (κ2) is 23.2. The molecule has 0 fully saturated rings. The maximum Gasteiger partial charge on any atom is 0.231 e. The standard InChI is InChI=1S/C15H23NO.C14H19NO3.C13H19NO.C8H17NO/c1-11(2)14(17)16-15(4,5)10-13-8-6-12(3)7-9-13;1-9(2)13(16)15-14(3,4)10-5-6-11-12(7-10)18-8-17-11;1-10(2)12(15)14-13(3,4)11-8-6-5-7-9-11;1-6(2)7(10)9-8(3,4)5/h6-9,11H,10H2,1-5H3,(H,16,17);5-7,9H,8H2,1-4H3,(H,15,16);5-10H,1-4H3,(H,14,15);6H,1-5H3,(H,9,10). The van der Waals surface area contributed by atoms with Crippen LogP contribution in [-0.2, 0) is 36.7 Å². The van der Waals surface area contributed by atoms with Crippen molar-refractivity contribution in [3.63, 3.8) is 0 Å². The summed E-state index contributed by atoms with van der Waals surface area (Å²) >= 11 is 0. The third kappa shape index (κ3) is 19.9. The van der Waals surface area contributed by atoms with Crippen molar-refractivity contribution in [2.24, 2.45) is 23.7 Å². The van der Waals surface area contributed by atoms with Gasteiger partial charge in [0.2, 0.25) is 30.4 Å². The first-order valence-electron chi connectivity index (χ1n) is 21.3. The van der Waals surface area contributed by atoms with Gasteiger partial charge >= 0.3 is 0 Å². The van der Waals surface area contributed by atoms with Crippen LogP contribution >= 0.6 is 0 Å². The van der Waals surface area contributed by atoms with E-state index in [1.165, 1.54) is 11.1 Å². The molecule has 10 nitrogen and oxygen atoms in total. The number of carbonyl (C=O) groups excluding carboxylic acids is 4. The van der Waals surface area contributed by atoms with Crippen molar-refractivity contribution in [1.29, 1.82) is 0 Å².